The molecule has 1 heterocycles. The number of pyridine rings is 1. The summed E-state index contributed by atoms with van der Waals surface area (Å²) < 4.78 is 5.74. The smallest absolute Gasteiger partial charge is 0.239 e. The minimum atomic E-state index is 0.587. The Bertz CT molecular complexity index is 473. The Kier molecular flexibility index (Phi) is 4.51. The van der Waals surface area contributed by atoms with Gasteiger partial charge in [0.2, 0.25) is 5.88 Å². The van der Waals surface area contributed by atoms with Gasteiger partial charge in [-0.25, -0.2) is 0 Å². The molecule has 4 nitrogen and oxygen atoms in total. The SMILES string of the molecule is CC1CCCCC1CNc1ccc(N)c(OCC2CC2)n1. The fourth-order valence-electron chi connectivity index (χ4n) is 3.08. The fourth-order valence-corrected chi connectivity index (χ4v) is 3.08. The molecule has 0 amide bonds. The van der Waals surface area contributed by atoms with Gasteiger partial charge in [0.15, 0.2) is 0 Å². The second-order valence-electron chi connectivity index (χ2n) is 6.75. The van der Waals surface area contributed by atoms with Crippen molar-refractivity contribution in [1.82, 2.24) is 4.98 Å². The minimum Gasteiger partial charge on any atom is -0.476 e. The Balaban J connectivity index is 1.55. The summed E-state index contributed by atoms with van der Waals surface area (Å²) in [4.78, 5) is 4.52. The third-order valence-corrected chi connectivity index (χ3v) is 4.88. The van der Waals surface area contributed by atoms with Crippen molar-refractivity contribution in [3.05, 3.63) is 12.1 Å². The number of ether oxygens (including phenoxy) is 1. The van der Waals surface area contributed by atoms with Gasteiger partial charge in [-0.05, 0) is 49.1 Å². The van der Waals surface area contributed by atoms with Crippen molar-refractivity contribution in [2.75, 3.05) is 24.2 Å². The molecule has 3 rings (SSSR count). The van der Waals surface area contributed by atoms with Crippen LogP contribution in [0.3, 0.4) is 0 Å². The summed E-state index contributed by atoms with van der Waals surface area (Å²) in [6, 6.07) is 3.84. The van der Waals surface area contributed by atoms with E-state index in [1.807, 2.05) is 12.1 Å². The molecule has 2 fully saturated rings. The van der Waals surface area contributed by atoms with E-state index in [1.54, 1.807) is 0 Å². The molecule has 1 aromatic heterocycles. The van der Waals surface area contributed by atoms with E-state index in [1.165, 1.54) is 38.5 Å². The van der Waals surface area contributed by atoms with Crippen LogP contribution < -0.4 is 15.8 Å². The van der Waals surface area contributed by atoms with Crippen LogP contribution in [-0.2, 0) is 0 Å². The summed E-state index contributed by atoms with van der Waals surface area (Å²) >= 11 is 0. The van der Waals surface area contributed by atoms with Gasteiger partial charge in [0.1, 0.15) is 5.82 Å². The van der Waals surface area contributed by atoms with E-state index in [0.29, 0.717) is 17.5 Å². The van der Waals surface area contributed by atoms with Crippen LogP contribution in [0.4, 0.5) is 11.5 Å². The Hall–Kier alpha value is -1.45. The lowest BCUT2D eigenvalue weighted by atomic mass is 9.80. The van der Waals surface area contributed by atoms with E-state index in [0.717, 1.165) is 30.8 Å². The molecule has 116 valence electrons. The zero-order valence-electron chi connectivity index (χ0n) is 13.0. The number of anilines is 2. The summed E-state index contributed by atoms with van der Waals surface area (Å²) in [6.45, 7) is 4.12. The number of aromatic nitrogens is 1. The number of nitrogens with zero attached hydrogens (tertiary/aromatic N) is 1. The van der Waals surface area contributed by atoms with Crippen molar-refractivity contribution in [2.24, 2.45) is 17.8 Å². The molecule has 2 atom stereocenters. The summed E-state index contributed by atoms with van der Waals surface area (Å²) in [5.74, 6) is 3.75. The lowest BCUT2D eigenvalue weighted by molar-refractivity contribution is 0.268. The highest BCUT2D eigenvalue weighted by Crippen LogP contribution is 2.31. The van der Waals surface area contributed by atoms with Gasteiger partial charge in [-0.15, -0.1) is 0 Å². The van der Waals surface area contributed by atoms with E-state index in [2.05, 4.69) is 17.2 Å². The number of hydrogen-bond donors (Lipinski definition) is 2. The molecule has 0 bridgehead atoms. The van der Waals surface area contributed by atoms with Crippen LogP contribution in [0.2, 0.25) is 0 Å². The molecule has 2 unspecified atom stereocenters. The van der Waals surface area contributed by atoms with Gasteiger partial charge in [-0.2, -0.15) is 4.98 Å². The largest absolute Gasteiger partial charge is 0.476 e. The van der Waals surface area contributed by atoms with Crippen LogP contribution >= 0.6 is 0 Å². The van der Waals surface area contributed by atoms with Crippen molar-refractivity contribution in [2.45, 2.75) is 45.4 Å². The number of nitrogens with one attached hydrogen (secondary N) is 1. The Morgan fingerprint density at radius 2 is 2.05 bits per heavy atom. The van der Waals surface area contributed by atoms with E-state index >= 15 is 0 Å². The maximum Gasteiger partial charge on any atom is 0.239 e. The molecule has 2 saturated carbocycles. The topological polar surface area (TPSA) is 60.2 Å². The van der Waals surface area contributed by atoms with Crippen LogP contribution in [-0.4, -0.2) is 18.1 Å². The normalized spacial score (nSPS) is 25.6. The highest BCUT2D eigenvalue weighted by atomic mass is 16.5. The molecule has 0 saturated heterocycles. The second-order valence-corrected chi connectivity index (χ2v) is 6.75. The third-order valence-electron chi connectivity index (χ3n) is 4.88. The van der Waals surface area contributed by atoms with Crippen LogP contribution in [0, 0.1) is 17.8 Å². The van der Waals surface area contributed by atoms with Crippen molar-refractivity contribution in [1.29, 1.82) is 0 Å². The first-order valence-corrected chi connectivity index (χ1v) is 8.35. The van der Waals surface area contributed by atoms with E-state index in [9.17, 15) is 0 Å². The maximum absolute atomic E-state index is 5.94. The first-order valence-electron chi connectivity index (χ1n) is 8.35. The van der Waals surface area contributed by atoms with Crippen LogP contribution in [0.15, 0.2) is 12.1 Å². The van der Waals surface area contributed by atoms with Gasteiger partial charge in [0.25, 0.3) is 0 Å². The van der Waals surface area contributed by atoms with Crippen LogP contribution in [0.1, 0.15) is 45.4 Å². The first kappa shape index (κ1) is 14.5. The van der Waals surface area contributed by atoms with Crippen molar-refractivity contribution < 1.29 is 4.74 Å². The van der Waals surface area contributed by atoms with Gasteiger partial charge in [-0.3, -0.25) is 0 Å². The van der Waals surface area contributed by atoms with Gasteiger partial charge in [-0.1, -0.05) is 26.2 Å². The molecule has 3 N–H and O–H groups in total. The van der Waals surface area contributed by atoms with E-state index < -0.39 is 0 Å². The van der Waals surface area contributed by atoms with Gasteiger partial charge < -0.3 is 15.8 Å². The second kappa shape index (κ2) is 6.54. The highest BCUT2D eigenvalue weighted by Gasteiger charge is 2.23. The number of rotatable bonds is 6. The molecule has 2 aliphatic rings. The molecular weight excluding hydrogens is 262 g/mol. The fraction of sp³-hybridized carbons (Fsp3) is 0.706. The standard InChI is InChI=1S/C17H27N3O/c1-12-4-2-3-5-14(12)10-19-16-9-8-15(18)17(20-16)21-11-13-6-7-13/h8-9,12-14H,2-7,10-11,18H2,1H3,(H,19,20). The van der Waals surface area contributed by atoms with Crippen molar-refractivity contribution in [3.8, 4) is 5.88 Å². The van der Waals surface area contributed by atoms with Gasteiger partial charge in [0.05, 0.1) is 12.3 Å². The lowest BCUT2D eigenvalue weighted by Crippen LogP contribution is -2.24. The zero-order valence-corrected chi connectivity index (χ0v) is 13.0. The van der Waals surface area contributed by atoms with Gasteiger partial charge in [0, 0.05) is 6.54 Å². The van der Waals surface area contributed by atoms with Crippen molar-refractivity contribution in [3.63, 3.8) is 0 Å². The maximum atomic E-state index is 5.94. The Morgan fingerprint density at radius 1 is 1.24 bits per heavy atom. The number of nitrogens with two attached hydrogens (primary N) is 1. The lowest BCUT2D eigenvalue weighted by Gasteiger charge is -2.29. The predicted octanol–water partition coefficient (Wildman–Crippen LogP) is 3.69. The molecule has 2 aliphatic carbocycles. The summed E-state index contributed by atoms with van der Waals surface area (Å²) in [6.07, 6.45) is 7.98. The van der Waals surface area contributed by atoms with E-state index in [4.69, 9.17) is 10.5 Å². The van der Waals surface area contributed by atoms with Crippen molar-refractivity contribution >= 4 is 11.5 Å². The highest BCUT2D eigenvalue weighted by molar-refractivity contribution is 5.53. The summed E-state index contributed by atoms with van der Waals surface area (Å²) in [7, 11) is 0. The van der Waals surface area contributed by atoms with Crippen LogP contribution in [0.25, 0.3) is 0 Å². The van der Waals surface area contributed by atoms with E-state index in [-0.39, 0.29) is 0 Å². The molecule has 1 aromatic rings. The first-order chi connectivity index (χ1) is 10.2. The minimum absolute atomic E-state index is 0.587. The molecular formula is C17H27N3O. The molecule has 0 spiro atoms. The Labute approximate surface area is 127 Å². The molecule has 21 heavy (non-hydrogen) atoms. The summed E-state index contributed by atoms with van der Waals surface area (Å²) in [5, 5.41) is 3.47. The average Bonchev–Trinajstić information content (AvgIpc) is 3.31. The molecule has 4 heteroatoms. The van der Waals surface area contributed by atoms with Crippen LogP contribution in [0.5, 0.6) is 5.88 Å². The molecule has 0 aromatic carbocycles. The summed E-state index contributed by atoms with van der Waals surface area (Å²) in [5.41, 5.74) is 6.57. The number of nitrogen functional groups attached to an aromatic ring is 1. The monoisotopic (exact) mass is 289 g/mol. The average molecular weight is 289 g/mol. The molecule has 0 radical (unpaired) electrons. The zero-order chi connectivity index (χ0) is 14.7. The Morgan fingerprint density at radius 3 is 2.81 bits per heavy atom. The third kappa shape index (κ3) is 4.02. The quantitative estimate of drug-likeness (QED) is 0.838. The number of hydrogen-bond acceptors (Lipinski definition) is 4. The molecule has 0 aliphatic heterocycles. The predicted molar refractivity (Wildman–Crippen MR) is 86.5 cm³/mol. The van der Waals surface area contributed by atoms with Gasteiger partial charge >= 0.3 is 0 Å².